The van der Waals surface area contributed by atoms with E-state index in [-0.39, 0.29) is 11.6 Å². The van der Waals surface area contributed by atoms with E-state index in [1.54, 1.807) is 23.0 Å². The number of rotatable bonds is 5. The van der Waals surface area contributed by atoms with Gasteiger partial charge in [-0.3, -0.25) is 4.72 Å². The Morgan fingerprint density at radius 1 is 1.17 bits per heavy atom. The lowest BCUT2D eigenvalue weighted by molar-refractivity contribution is 0.400. The van der Waals surface area contributed by atoms with Crippen LogP contribution in [0.25, 0.3) is 16.9 Å². The maximum Gasteiger partial charge on any atom is 0.264 e. The van der Waals surface area contributed by atoms with E-state index in [1.807, 2.05) is 0 Å². The van der Waals surface area contributed by atoms with Gasteiger partial charge in [-0.05, 0) is 46.9 Å². The number of aromatic nitrogens is 4. The molecule has 0 saturated heterocycles. The summed E-state index contributed by atoms with van der Waals surface area (Å²) in [5.41, 5.74) is 1.61. The third-order valence-corrected chi connectivity index (χ3v) is 6.25. The average Bonchev–Trinajstić information content (AvgIpc) is 3.07. The first-order valence-electron chi connectivity index (χ1n) is 8.30. The van der Waals surface area contributed by atoms with Crippen LogP contribution in [0, 0.1) is 15.2 Å². The van der Waals surface area contributed by atoms with Gasteiger partial charge in [-0.15, -0.1) is 0 Å². The Labute approximate surface area is 183 Å². The van der Waals surface area contributed by atoms with Gasteiger partial charge in [0.05, 0.1) is 22.6 Å². The lowest BCUT2D eigenvalue weighted by atomic mass is 10.2. The molecule has 0 aliphatic rings. The fourth-order valence-corrected chi connectivity index (χ4v) is 4.32. The van der Waals surface area contributed by atoms with E-state index >= 15 is 0 Å². The third kappa shape index (κ3) is 3.79. The minimum Gasteiger partial charge on any atom is -0.480 e. The first kappa shape index (κ1) is 20.4. The molecule has 0 atom stereocenters. The summed E-state index contributed by atoms with van der Waals surface area (Å²) in [6.45, 7) is 0. The number of fused-ring (bicyclic) bond motifs is 1. The molecule has 12 heteroatoms. The van der Waals surface area contributed by atoms with Crippen LogP contribution in [0.4, 0.5) is 14.5 Å². The number of ether oxygens (including phenoxy) is 1. The number of nitrogens with zero attached hydrogens (tertiary/aromatic N) is 4. The highest BCUT2D eigenvalue weighted by atomic mass is 127. The molecule has 154 valence electrons. The van der Waals surface area contributed by atoms with Crippen molar-refractivity contribution in [1.29, 1.82) is 0 Å². The van der Waals surface area contributed by atoms with Gasteiger partial charge in [-0.2, -0.15) is 5.10 Å². The van der Waals surface area contributed by atoms with Crippen molar-refractivity contribution in [2.45, 2.75) is 4.90 Å². The number of benzene rings is 1. The molecule has 0 fully saturated rings. The normalized spacial score (nSPS) is 11.6. The SMILES string of the molecule is COc1ncc(-c2ccn3ncc(I)c3n2)cc1NS(=O)(=O)c1ccc(F)cc1F. The first-order valence-corrected chi connectivity index (χ1v) is 10.9. The highest BCUT2D eigenvalue weighted by molar-refractivity contribution is 14.1. The van der Waals surface area contributed by atoms with Crippen molar-refractivity contribution in [2.75, 3.05) is 11.8 Å². The van der Waals surface area contributed by atoms with E-state index in [0.29, 0.717) is 23.0 Å². The molecule has 0 radical (unpaired) electrons. The van der Waals surface area contributed by atoms with Gasteiger partial charge in [0.25, 0.3) is 10.0 Å². The summed E-state index contributed by atoms with van der Waals surface area (Å²) in [7, 11) is -3.06. The Bertz CT molecular complexity index is 1380. The van der Waals surface area contributed by atoms with Crippen molar-refractivity contribution < 1.29 is 21.9 Å². The smallest absolute Gasteiger partial charge is 0.264 e. The first-order chi connectivity index (χ1) is 14.3. The number of pyridine rings is 1. The van der Waals surface area contributed by atoms with Crippen molar-refractivity contribution >= 4 is 43.9 Å². The van der Waals surface area contributed by atoms with E-state index in [1.165, 1.54) is 19.4 Å². The highest BCUT2D eigenvalue weighted by Gasteiger charge is 2.22. The minimum atomic E-state index is -4.37. The molecular formula is C18H12F2IN5O3S. The summed E-state index contributed by atoms with van der Waals surface area (Å²) in [5, 5.41) is 4.15. The van der Waals surface area contributed by atoms with E-state index in [9.17, 15) is 17.2 Å². The molecule has 0 spiro atoms. The van der Waals surface area contributed by atoms with Gasteiger partial charge in [0.15, 0.2) is 5.65 Å². The fraction of sp³-hybridized carbons (Fsp3) is 0.0556. The Hall–Kier alpha value is -2.87. The highest BCUT2D eigenvalue weighted by Crippen LogP contribution is 2.30. The van der Waals surface area contributed by atoms with E-state index < -0.39 is 26.6 Å². The lowest BCUT2D eigenvalue weighted by Crippen LogP contribution is -2.16. The average molecular weight is 543 g/mol. The van der Waals surface area contributed by atoms with Crippen molar-refractivity contribution in [2.24, 2.45) is 0 Å². The summed E-state index contributed by atoms with van der Waals surface area (Å²) in [4.78, 5) is 7.92. The molecule has 3 heterocycles. The minimum absolute atomic E-state index is 0.0233. The Morgan fingerprint density at radius 3 is 2.70 bits per heavy atom. The monoisotopic (exact) mass is 543 g/mol. The molecule has 1 N–H and O–H groups in total. The topological polar surface area (TPSA) is 98.5 Å². The number of hydrogen-bond donors (Lipinski definition) is 1. The van der Waals surface area contributed by atoms with Gasteiger partial charge in [0.2, 0.25) is 5.88 Å². The third-order valence-electron chi connectivity index (χ3n) is 4.09. The number of halogens is 3. The number of methoxy groups -OCH3 is 1. The molecule has 3 aromatic heterocycles. The second-order valence-electron chi connectivity index (χ2n) is 6.03. The molecule has 8 nitrogen and oxygen atoms in total. The zero-order valence-corrected chi connectivity index (χ0v) is 18.1. The van der Waals surface area contributed by atoms with Gasteiger partial charge in [-0.1, -0.05) is 0 Å². The van der Waals surface area contributed by atoms with Crippen LogP contribution in [0.2, 0.25) is 0 Å². The van der Waals surface area contributed by atoms with Crippen molar-refractivity contribution in [3.8, 4) is 17.1 Å². The summed E-state index contributed by atoms with van der Waals surface area (Å²) >= 11 is 2.10. The van der Waals surface area contributed by atoms with E-state index in [0.717, 1.165) is 15.7 Å². The van der Waals surface area contributed by atoms with Gasteiger partial charge in [0.1, 0.15) is 22.2 Å². The molecular weight excluding hydrogens is 531 g/mol. The molecule has 1 aromatic carbocycles. The fourth-order valence-electron chi connectivity index (χ4n) is 2.72. The van der Waals surface area contributed by atoms with Crippen LogP contribution in [0.5, 0.6) is 5.88 Å². The van der Waals surface area contributed by atoms with Crippen LogP contribution >= 0.6 is 22.6 Å². The number of nitrogens with one attached hydrogen (secondary N) is 1. The second kappa shape index (κ2) is 7.75. The van der Waals surface area contributed by atoms with Gasteiger partial charge >= 0.3 is 0 Å². The van der Waals surface area contributed by atoms with Crippen LogP contribution in [-0.2, 0) is 10.0 Å². The molecule has 30 heavy (non-hydrogen) atoms. The largest absolute Gasteiger partial charge is 0.480 e. The van der Waals surface area contributed by atoms with Crippen LogP contribution in [-0.4, -0.2) is 35.1 Å². The molecule has 0 aliphatic carbocycles. The van der Waals surface area contributed by atoms with E-state index in [2.05, 4.69) is 42.4 Å². The van der Waals surface area contributed by atoms with Crippen molar-refractivity contribution in [3.05, 3.63) is 64.1 Å². The molecule has 0 saturated carbocycles. The van der Waals surface area contributed by atoms with Gasteiger partial charge < -0.3 is 4.74 Å². The predicted octanol–water partition coefficient (Wildman–Crippen LogP) is 3.48. The number of anilines is 1. The second-order valence-corrected chi connectivity index (χ2v) is 8.85. The zero-order chi connectivity index (χ0) is 21.5. The van der Waals surface area contributed by atoms with Crippen LogP contribution in [0.15, 0.2) is 53.8 Å². The van der Waals surface area contributed by atoms with Gasteiger partial charge in [-0.25, -0.2) is 31.7 Å². The van der Waals surface area contributed by atoms with Crippen molar-refractivity contribution in [3.63, 3.8) is 0 Å². The molecule has 0 bridgehead atoms. The zero-order valence-electron chi connectivity index (χ0n) is 15.2. The van der Waals surface area contributed by atoms with Crippen LogP contribution < -0.4 is 9.46 Å². The molecule has 4 rings (SSSR count). The molecule has 0 unspecified atom stereocenters. The Balaban J connectivity index is 1.76. The summed E-state index contributed by atoms with van der Waals surface area (Å²) < 4.78 is 62.2. The Morgan fingerprint density at radius 2 is 1.97 bits per heavy atom. The summed E-state index contributed by atoms with van der Waals surface area (Å²) in [6, 6.07) is 5.35. The summed E-state index contributed by atoms with van der Waals surface area (Å²) in [6.07, 6.45) is 4.84. The number of hydrogen-bond acceptors (Lipinski definition) is 6. The van der Waals surface area contributed by atoms with Gasteiger partial charge in [0, 0.05) is 24.0 Å². The molecule has 0 amide bonds. The summed E-state index contributed by atoms with van der Waals surface area (Å²) in [5.74, 6) is -2.12. The maximum absolute atomic E-state index is 14.0. The molecule has 0 aliphatic heterocycles. The van der Waals surface area contributed by atoms with Crippen LogP contribution in [0.1, 0.15) is 0 Å². The Kier molecular flexibility index (Phi) is 5.27. The van der Waals surface area contributed by atoms with Crippen molar-refractivity contribution in [1.82, 2.24) is 19.6 Å². The number of sulfonamides is 1. The van der Waals surface area contributed by atoms with E-state index in [4.69, 9.17) is 4.74 Å². The molecule has 4 aromatic rings. The lowest BCUT2D eigenvalue weighted by Gasteiger charge is -2.13. The standard InChI is InChI=1S/C18H12F2IN5O3S/c1-29-18-15(25-30(27,28)16-3-2-11(19)7-12(16)20)6-10(8-22-18)14-4-5-26-17(24-14)13(21)9-23-26/h2-9,25H,1H3. The quantitative estimate of drug-likeness (QED) is 0.388. The maximum atomic E-state index is 14.0. The predicted molar refractivity (Wildman–Crippen MR) is 113 cm³/mol. The van der Waals surface area contributed by atoms with Crippen LogP contribution in [0.3, 0.4) is 0 Å².